The molecule has 0 spiro atoms. The van der Waals surface area contributed by atoms with Crippen LogP contribution in [0.25, 0.3) is 0 Å². The molecule has 0 aliphatic rings. The SMILES string of the molecule is COC(=O)c1ccc(N/C=C(/C#N)C(=O)Nc2cccc([N+](=O)[O-])c2)cc1. The summed E-state index contributed by atoms with van der Waals surface area (Å²) in [4.78, 5) is 33.7. The largest absolute Gasteiger partial charge is 0.465 e. The molecule has 2 rings (SSSR count). The van der Waals surface area contributed by atoms with Crippen molar-refractivity contribution in [2.45, 2.75) is 0 Å². The van der Waals surface area contributed by atoms with Crippen molar-refractivity contribution in [3.05, 3.63) is 76.0 Å². The lowest BCUT2D eigenvalue weighted by Crippen LogP contribution is -2.14. The van der Waals surface area contributed by atoms with Gasteiger partial charge in [0.1, 0.15) is 11.6 Å². The Bertz CT molecular complexity index is 945. The number of esters is 1. The molecule has 0 bridgehead atoms. The van der Waals surface area contributed by atoms with Crippen LogP contribution >= 0.6 is 0 Å². The highest BCUT2D eigenvalue weighted by molar-refractivity contribution is 6.06. The molecule has 9 heteroatoms. The highest BCUT2D eigenvalue weighted by atomic mass is 16.6. The maximum absolute atomic E-state index is 12.2. The maximum atomic E-state index is 12.2. The zero-order chi connectivity index (χ0) is 19.8. The molecular weight excluding hydrogens is 352 g/mol. The average molecular weight is 366 g/mol. The highest BCUT2D eigenvalue weighted by Crippen LogP contribution is 2.18. The lowest BCUT2D eigenvalue weighted by atomic mass is 10.2. The van der Waals surface area contributed by atoms with Crippen LogP contribution in [0.1, 0.15) is 10.4 Å². The number of amides is 1. The van der Waals surface area contributed by atoms with Crippen molar-refractivity contribution >= 4 is 28.9 Å². The molecule has 2 aromatic carbocycles. The highest BCUT2D eigenvalue weighted by Gasteiger charge is 2.12. The van der Waals surface area contributed by atoms with Crippen LogP contribution in [0.2, 0.25) is 0 Å². The molecule has 0 radical (unpaired) electrons. The quantitative estimate of drug-likeness (QED) is 0.264. The number of ether oxygens (including phenoxy) is 1. The molecule has 0 heterocycles. The first kappa shape index (κ1) is 19.1. The van der Waals surface area contributed by atoms with Gasteiger partial charge in [-0.05, 0) is 30.3 Å². The van der Waals surface area contributed by atoms with Gasteiger partial charge in [-0.25, -0.2) is 4.79 Å². The van der Waals surface area contributed by atoms with Crippen LogP contribution in [-0.4, -0.2) is 23.9 Å². The van der Waals surface area contributed by atoms with Crippen LogP contribution in [0.15, 0.2) is 60.3 Å². The summed E-state index contributed by atoms with van der Waals surface area (Å²) < 4.78 is 4.59. The van der Waals surface area contributed by atoms with E-state index in [1.54, 1.807) is 18.2 Å². The first-order valence-electron chi connectivity index (χ1n) is 7.55. The number of methoxy groups -OCH3 is 1. The van der Waals surface area contributed by atoms with Crippen LogP contribution in [0.3, 0.4) is 0 Å². The zero-order valence-electron chi connectivity index (χ0n) is 14.1. The van der Waals surface area contributed by atoms with Gasteiger partial charge in [0.15, 0.2) is 0 Å². The summed E-state index contributed by atoms with van der Waals surface area (Å²) >= 11 is 0. The van der Waals surface area contributed by atoms with Gasteiger partial charge in [0.05, 0.1) is 17.6 Å². The first-order chi connectivity index (χ1) is 12.9. The Hall–Kier alpha value is -4.19. The minimum atomic E-state index is -0.725. The second kappa shape index (κ2) is 8.77. The molecule has 0 fully saturated rings. The van der Waals surface area contributed by atoms with E-state index >= 15 is 0 Å². The molecule has 27 heavy (non-hydrogen) atoms. The lowest BCUT2D eigenvalue weighted by Gasteiger charge is -2.06. The van der Waals surface area contributed by atoms with Gasteiger partial charge in [0, 0.05) is 29.7 Å². The van der Waals surface area contributed by atoms with E-state index in [4.69, 9.17) is 5.26 Å². The van der Waals surface area contributed by atoms with E-state index < -0.39 is 16.8 Å². The normalized spacial score (nSPS) is 10.4. The van der Waals surface area contributed by atoms with E-state index in [-0.39, 0.29) is 16.9 Å². The van der Waals surface area contributed by atoms with Crippen molar-refractivity contribution in [2.24, 2.45) is 0 Å². The summed E-state index contributed by atoms with van der Waals surface area (Å²) in [5.74, 6) is -1.21. The van der Waals surface area contributed by atoms with Gasteiger partial charge >= 0.3 is 5.97 Å². The Balaban J connectivity index is 2.08. The van der Waals surface area contributed by atoms with Gasteiger partial charge in [-0.15, -0.1) is 0 Å². The predicted octanol–water partition coefficient (Wildman–Crippen LogP) is 2.84. The number of carbonyl (C=O) groups is 2. The second-order valence-corrected chi connectivity index (χ2v) is 5.14. The molecule has 0 unspecified atom stereocenters. The van der Waals surface area contributed by atoms with E-state index in [1.165, 1.54) is 49.7 Å². The number of benzene rings is 2. The van der Waals surface area contributed by atoms with E-state index in [2.05, 4.69) is 15.4 Å². The number of nitrogens with one attached hydrogen (secondary N) is 2. The van der Waals surface area contributed by atoms with E-state index in [0.717, 1.165) is 0 Å². The van der Waals surface area contributed by atoms with Crippen LogP contribution in [0, 0.1) is 21.4 Å². The third kappa shape index (κ3) is 5.14. The van der Waals surface area contributed by atoms with Gasteiger partial charge in [-0.3, -0.25) is 14.9 Å². The number of carbonyl (C=O) groups excluding carboxylic acids is 2. The fraction of sp³-hybridized carbons (Fsp3) is 0.0556. The lowest BCUT2D eigenvalue weighted by molar-refractivity contribution is -0.384. The summed E-state index contributed by atoms with van der Waals surface area (Å²) in [5.41, 5.74) is 0.671. The topological polar surface area (TPSA) is 134 Å². The number of hydrogen-bond donors (Lipinski definition) is 2. The molecule has 0 aliphatic carbocycles. The third-order valence-electron chi connectivity index (χ3n) is 3.37. The molecule has 0 aliphatic heterocycles. The first-order valence-corrected chi connectivity index (χ1v) is 7.55. The summed E-state index contributed by atoms with van der Waals surface area (Å²) in [6.07, 6.45) is 1.19. The molecule has 1 amide bonds. The summed E-state index contributed by atoms with van der Waals surface area (Å²) in [5, 5.41) is 25.1. The number of hydrogen-bond acceptors (Lipinski definition) is 7. The van der Waals surface area contributed by atoms with E-state index in [0.29, 0.717) is 11.3 Å². The Labute approximate surface area is 154 Å². The van der Waals surface area contributed by atoms with Crippen molar-refractivity contribution in [2.75, 3.05) is 17.7 Å². The van der Waals surface area contributed by atoms with Crippen molar-refractivity contribution in [3.63, 3.8) is 0 Å². The van der Waals surface area contributed by atoms with Gasteiger partial charge in [-0.1, -0.05) is 6.07 Å². The number of rotatable bonds is 6. The van der Waals surface area contributed by atoms with Crippen LogP contribution in [0.5, 0.6) is 0 Å². The van der Waals surface area contributed by atoms with Crippen LogP contribution < -0.4 is 10.6 Å². The Morgan fingerprint density at radius 2 is 1.89 bits per heavy atom. The fourth-order valence-electron chi connectivity index (χ4n) is 2.02. The standard InChI is InChI=1S/C18H14N4O5/c1-27-18(24)12-5-7-14(8-6-12)20-11-13(10-19)17(23)21-15-3-2-4-16(9-15)22(25)26/h2-9,11,20H,1H3,(H,21,23)/b13-11-. The smallest absolute Gasteiger partial charge is 0.337 e. The molecule has 0 saturated heterocycles. The minimum absolute atomic E-state index is 0.181. The van der Waals surface area contributed by atoms with Gasteiger partial charge in [0.2, 0.25) is 0 Å². The predicted molar refractivity (Wildman–Crippen MR) is 96.8 cm³/mol. The van der Waals surface area contributed by atoms with E-state index in [1.807, 2.05) is 0 Å². The molecule has 2 N–H and O–H groups in total. The summed E-state index contributed by atoms with van der Waals surface area (Å²) in [7, 11) is 1.27. The van der Waals surface area contributed by atoms with Crippen LogP contribution in [0.4, 0.5) is 17.1 Å². The molecule has 0 aromatic heterocycles. The number of nitro groups is 1. The van der Waals surface area contributed by atoms with Crippen molar-refractivity contribution in [3.8, 4) is 6.07 Å². The Morgan fingerprint density at radius 1 is 1.19 bits per heavy atom. The molecule has 2 aromatic rings. The zero-order valence-corrected chi connectivity index (χ0v) is 14.1. The number of nitro benzene ring substituents is 1. The number of non-ortho nitro benzene ring substituents is 1. The summed E-state index contributed by atoms with van der Waals surface area (Å²) in [6, 6.07) is 13.3. The van der Waals surface area contributed by atoms with Gasteiger partial charge < -0.3 is 15.4 Å². The molecule has 0 atom stereocenters. The van der Waals surface area contributed by atoms with Crippen LogP contribution in [-0.2, 0) is 9.53 Å². The van der Waals surface area contributed by atoms with Gasteiger partial charge in [0.25, 0.3) is 11.6 Å². The number of nitrogens with zero attached hydrogens (tertiary/aromatic N) is 2. The maximum Gasteiger partial charge on any atom is 0.337 e. The molecule has 136 valence electrons. The third-order valence-corrected chi connectivity index (χ3v) is 3.37. The number of nitriles is 1. The minimum Gasteiger partial charge on any atom is -0.465 e. The van der Waals surface area contributed by atoms with Crippen molar-refractivity contribution < 1.29 is 19.2 Å². The average Bonchev–Trinajstić information content (AvgIpc) is 2.68. The fourth-order valence-corrected chi connectivity index (χ4v) is 2.02. The second-order valence-electron chi connectivity index (χ2n) is 5.14. The van der Waals surface area contributed by atoms with E-state index in [9.17, 15) is 19.7 Å². The Kier molecular flexibility index (Phi) is 6.22. The van der Waals surface area contributed by atoms with Crippen molar-refractivity contribution in [1.29, 1.82) is 5.26 Å². The Morgan fingerprint density at radius 3 is 2.48 bits per heavy atom. The van der Waals surface area contributed by atoms with Crippen molar-refractivity contribution in [1.82, 2.24) is 0 Å². The van der Waals surface area contributed by atoms with Gasteiger partial charge in [-0.2, -0.15) is 5.26 Å². The monoisotopic (exact) mass is 366 g/mol. The molecule has 0 saturated carbocycles. The summed E-state index contributed by atoms with van der Waals surface area (Å²) in [6.45, 7) is 0. The number of anilines is 2. The molecule has 9 nitrogen and oxygen atoms in total. The molecular formula is C18H14N4O5.